The summed E-state index contributed by atoms with van der Waals surface area (Å²) in [6.07, 6.45) is 2.54. The van der Waals surface area contributed by atoms with Crippen molar-refractivity contribution < 1.29 is 14.3 Å². The SMILES string of the molecule is COC(=O)c1cc(NC(=O)[C@H](N)CCSC)ccc1Cl. The number of carbonyl (C=O) groups excluding carboxylic acids is 2. The van der Waals surface area contributed by atoms with E-state index in [0.29, 0.717) is 12.1 Å². The zero-order valence-electron chi connectivity index (χ0n) is 11.3. The number of esters is 1. The maximum absolute atomic E-state index is 11.9. The number of nitrogens with one attached hydrogen (secondary N) is 1. The molecule has 0 aliphatic rings. The molecule has 0 saturated carbocycles. The molecule has 1 aromatic carbocycles. The van der Waals surface area contributed by atoms with E-state index in [0.717, 1.165) is 5.75 Å². The second-order valence-corrected chi connectivity index (χ2v) is 5.46. The minimum absolute atomic E-state index is 0.199. The molecule has 0 aromatic heterocycles. The van der Waals surface area contributed by atoms with E-state index < -0.39 is 12.0 Å². The van der Waals surface area contributed by atoms with Gasteiger partial charge in [0.25, 0.3) is 0 Å². The van der Waals surface area contributed by atoms with Gasteiger partial charge in [-0.2, -0.15) is 11.8 Å². The molecule has 5 nitrogen and oxygen atoms in total. The fourth-order valence-electron chi connectivity index (χ4n) is 1.48. The third-order valence-electron chi connectivity index (χ3n) is 2.61. The van der Waals surface area contributed by atoms with Gasteiger partial charge in [0, 0.05) is 5.69 Å². The van der Waals surface area contributed by atoms with Crippen molar-refractivity contribution in [3.8, 4) is 0 Å². The van der Waals surface area contributed by atoms with Gasteiger partial charge in [-0.15, -0.1) is 0 Å². The maximum Gasteiger partial charge on any atom is 0.339 e. The number of thioether (sulfide) groups is 1. The van der Waals surface area contributed by atoms with Gasteiger partial charge in [0.15, 0.2) is 0 Å². The Morgan fingerprint density at radius 1 is 1.50 bits per heavy atom. The van der Waals surface area contributed by atoms with Crippen molar-refractivity contribution in [2.75, 3.05) is 24.4 Å². The maximum atomic E-state index is 11.9. The fraction of sp³-hybridized carbons (Fsp3) is 0.385. The first-order chi connectivity index (χ1) is 9.49. The van der Waals surface area contributed by atoms with E-state index in [1.165, 1.54) is 19.2 Å². The summed E-state index contributed by atoms with van der Waals surface area (Å²) in [6.45, 7) is 0. The molecular weight excluding hydrogens is 300 g/mol. The molecule has 3 N–H and O–H groups in total. The summed E-state index contributed by atoms with van der Waals surface area (Å²) in [5.74, 6) is -0.0437. The van der Waals surface area contributed by atoms with Gasteiger partial charge >= 0.3 is 5.97 Å². The Labute approximate surface area is 127 Å². The summed E-state index contributed by atoms with van der Waals surface area (Å²) in [7, 11) is 1.27. The lowest BCUT2D eigenvalue weighted by molar-refractivity contribution is -0.117. The molecule has 20 heavy (non-hydrogen) atoms. The van der Waals surface area contributed by atoms with Gasteiger partial charge in [-0.1, -0.05) is 11.6 Å². The molecule has 110 valence electrons. The molecule has 0 aliphatic heterocycles. The van der Waals surface area contributed by atoms with E-state index in [4.69, 9.17) is 17.3 Å². The molecule has 1 atom stereocenters. The molecule has 0 radical (unpaired) electrons. The first-order valence-electron chi connectivity index (χ1n) is 5.92. The Kier molecular flexibility index (Phi) is 6.84. The van der Waals surface area contributed by atoms with Crippen molar-refractivity contribution in [2.24, 2.45) is 5.73 Å². The quantitative estimate of drug-likeness (QED) is 0.786. The van der Waals surface area contributed by atoms with Crippen LogP contribution in [0.5, 0.6) is 0 Å². The molecule has 0 fully saturated rings. The van der Waals surface area contributed by atoms with Crippen LogP contribution >= 0.6 is 23.4 Å². The Hall–Kier alpha value is -1.24. The number of carbonyl (C=O) groups is 2. The highest BCUT2D eigenvalue weighted by atomic mass is 35.5. The average molecular weight is 317 g/mol. The Bertz CT molecular complexity index is 497. The summed E-state index contributed by atoms with van der Waals surface area (Å²) in [4.78, 5) is 23.4. The van der Waals surface area contributed by atoms with Gasteiger partial charge < -0.3 is 15.8 Å². The van der Waals surface area contributed by atoms with E-state index in [1.54, 1.807) is 17.8 Å². The fourth-order valence-corrected chi connectivity index (χ4v) is 2.16. The van der Waals surface area contributed by atoms with E-state index in [1.807, 2.05) is 6.26 Å². The summed E-state index contributed by atoms with van der Waals surface area (Å²) in [6, 6.07) is 4.01. The molecule has 1 rings (SSSR count). The largest absolute Gasteiger partial charge is 0.465 e. The summed E-state index contributed by atoms with van der Waals surface area (Å²) >= 11 is 7.52. The van der Waals surface area contributed by atoms with Crippen molar-refractivity contribution in [1.29, 1.82) is 0 Å². The number of nitrogens with two attached hydrogens (primary N) is 1. The first kappa shape index (κ1) is 16.8. The molecule has 0 saturated heterocycles. The minimum Gasteiger partial charge on any atom is -0.465 e. The van der Waals surface area contributed by atoms with Gasteiger partial charge in [-0.05, 0) is 36.6 Å². The number of anilines is 1. The molecule has 7 heteroatoms. The second-order valence-electron chi connectivity index (χ2n) is 4.06. The molecule has 0 unspecified atom stereocenters. The number of rotatable bonds is 6. The topological polar surface area (TPSA) is 81.4 Å². The monoisotopic (exact) mass is 316 g/mol. The highest BCUT2D eigenvalue weighted by molar-refractivity contribution is 7.98. The lowest BCUT2D eigenvalue weighted by Gasteiger charge is -2.12. The molecule has 0 bridgehead atoms. The highest BCUT2D eigenvalue weighted by Crippen LogP contribution is 2.21. The zero-order chi connectivity index (χ0) is 15.1. The zero-order valence-corrected chi connectivity index (χ0v) is 12.9. The van der Waals surface area contributed by atoms with Crippen LogP contribution in [0.25, 0.3) is 0 Å². The van der Waals surface area contributed by atoms with Crippen LogP contribution in [0.2, 0.25) is 5.02 Å². The lowest BCUT2D eigenvalue weighted by Crippen LogP contribution is -2.36. The normalized spacial score (nSPS) is 11.8. The standard InChI is InChI=1S/C13H17ClN2O3S/c1-19-13(18)9-7-8(3-4-10(9)14)16-12(17)11(15)5-6-20-2/h3-4,7,11H,5-6,15H2,1-2H3,(H,16,17)/t11-/m1/s1. The molecule has 1 aromatic rings. The van der Waals surface area contributed by atoms with Crippen molar-refractivity contribution in [3.05, 3.63) is 28.8 Å². The van der Waals surface area contributed by atoms with Crippen LogP contribution in [-0.4, -0.2) is 37.0 Å². The predicted octanol–water partition coefficient (Wildman–Crippen LogP) is 2.15. The predicted molar refractivity (Wildman–Crippen MR) is 82.4 cm³/mol. The Morgan fingerprint density at radius 3 is 2.80 bits per heavy atom. The summed E-state index contributed by atoms with van der Waals surface area (Å²) in [5.41, 5.74) is 6.42. The van der Waals surface area contributed by atoms with Crippen LogP contribution < -0.4 is 11.1 Å². The third-order valence-corrected chi connectivity index (χ3v) is 3.58. The van der Waals surface area contributed by atoms with Crippen molar-refractivity contribution in [1.82, 2.24) is 0 Å². The van der Waals surface area contributed by atoms with Crippen LogP contribution in [0.3, 0.4) is 0 Å². The molecule has 0 aliphatic carbocycles. The van der Waals surface area contributed by atoms with Crippen LogP contribution in [0.1, 0.15) is 16.8 Å². The van der Waals surface area contributed by atoms with E-state index >= 15 is 0 Å². The first-order valence-corrected chi connectivity index (χ1v) is 7.70. The summed E-state index contributed by atoms with van der Waals surface area (Å²) in [5, 5.41) is 2.92. The number of benzene rings is 1. The molecule has 0 spiro atoms. The molecule has 1 amide bonds. The Balaban J connectivity index is 2.78. The van der Waals surface area contributed by atoms with Gasteiger partial charge in [0.05, 0.1) is 23.7 Å². The minimum atomic E-state index is -0.584. The molecular formula is C13H17ClN2O3S. The van der Waals surface area contributed by atoms with Crippen molar-refractivity contribution in [2.45, 2.75) is 12.5 Å². The van der Waals surface area contributed by atoms with Gasteiger partial charge in [0.1, 0.15) is 0 Å². The summed E-state index contributed by atoms with van der Waals surface area (Å²) < 4.78 is 4.61. The average Bonchev–Trinajstić information content (AvgIpc) is 2.45. The number of hydrogen-bond donors (Lipinski definition) is 2. The van der Waals surface area contributed by atoms with Crippen LogP contribution in [0, 0.1) is 0 Å². The third kappa shape index (κ3) is 4.70. The number of ether oxygens (including phenoxy) is 1. The van der Waals surface area contributed by atoms with Crippen LogP contribution in [0.15, 0.2) is 18.2 Å². The van der Waals surface area contributed by atoms with E-state index in [-0.39, 0.29) is 16.5 Å². The Morgan fingerprint density at radius 2 is 2.20 bits per heavy atom. The van der Waals surface area contributed by atoms with Gasteiger partial charge in [-0.25, -0.2) is 4.79 Å². The van der Waals surface area contributed by atoms with Crippen molar-refractivity contribution in [3.63, 3.8) is 0 Å². The number of methoxy groups -OCH3 is 1. The van der Waals surface area contributed by atoms with E-state index in [2.05, 4.69) is 10.1 Å². The van der Waals surface area contributed by atoms with Crippen LogP contribution in [-0.2, 0) is 9.53 Å². The number of hydrogen-bond acceptors (Lipinski definition) is 5. The van der Waals surface area contributed by atoms with Crippen LogP contribution in [0.4, 0.5) is 5.69 Å². The number of halogens is 1. The van der Waals surface area contributed by atoms with E-state index in [9.17, 15) is 9.59 Å². The smallest absolute Gasteiger partial charge is 0.339 e. The lowest BCUT2D eigenvalue weighted by atomic mass is 10.1. The second kappa shape index (κ2) is 8.14. The van der Waals surface area contributed by atoms with Gasteiger partial charge in [0.2, 0.25) is 5.91 Å². The van der Waals surface area contributed by atoms with Gasteiger partial charge in [-0.3, -0.25) is 4.79 Å². The number of amides is 1. The molecule has 0 heterocycles. The van der Waals surface area contributed by atoms with Crippen molar-refractivity contribution >= 4 is 40.9 Å². The highest BCUT2D eigenvalue weighted by Gasteiger charge is 2.15.